The average molecular weight is 582 g/mol. The van der Waals surface area contributed by atoms with Crippen LogP contribution in [0.1, 0.15) is 38.5 Å². The number of hydrogen-bond donors (Lipinski definition) is 0. The van der Waals surface area contributed by atoms with Gasteiger partial charge in [-0.05, 0) is 0 Å². The van der Waals surface area contributed by atoms with Gasteiger partial charge in [0.25, 0.3) is 0 Å². The minimum atomic E-state index is 0. The van der Waals surface area contributed by atoms with Gasteiger partial charge in [-0.3, -0.25) is 0 Å². The molecule has 2 rings (SSSR count). The third-order valence-corrected chi connectivity index (χ3v) is 4.78. The van der Waals surface area contributed by atoms with Gasteiger partial charge in [-0.2, -0.15) is 0 Å². The van der Waals surface area contributed by atoms with E-state index < -0.39 is 0 Å². The molecule has 0 spiro atoms. The van der Waals surface area contributed by atoms with Crippen molar-refractivity contribution in [2.24, 2.45) is 5.92 Å². The normalized spacial score (nSPS) is 21.6. The molecule has 0 aromatic rings. The Labute approximate surface area is 136 Å². The van der Waals surface area contributed by atoms with E-state index in [0.717, 1.165) is 5.92 Å². The molecular formula is C11H17HfI2. The van der Waals surface area contributed by atoms with Gasteiger partial charge in [0, 0.05) is 0 Å². The standard InChI is InChI=1S/C11H15.Hf.2HI/c1-2-6-10(7-3-1)11-8-4-5-9-11;;;/h4,8,10H,1-3,5-7H2;;2*1H. The van der Waals surface area contributed by atoms with Gasteiger partial charge in [0.2, 0.25) is 0 Å². The van der Waals surface area contributed by atoms with Gasteiger partial charge in [0.1, 0.15) is 0 Å². The molecule has 0 bridgehead atoms. The average Bonchev–Trinajstić information content (AvgIpc) is 2.53. The van der Waals surface area contributed by atoms with Crippen LogP contribution in [0.2, 0.25) is 0 Å². The van der Waals surface area contributed by atoms with Crippen LogP contribution in [0.5, 0.6) is 0 Å². The van der Waals surface area contributed by atoms with Crippen molar-refractivity contribution in [3.8, 4) is 0 Å². The Bertz CT molecular complexity index is 227. The second-order valence-corrected chi connectivity index (χ2v) is 6.04. The van der Waals surface area contributed by atoms with Crippen LogP contribution in [0.15, 0.2) is 21.1 Å². The summed E-state index contributed by atoms with van der Waals surface area (Å²) in [5, 5.41) is 0. The van der Waals surface area contributed by atoms with Gasteiger partial charge in [-0.1, -0.05) is 0 Å². The monoisotopic (exact) mass is 583 g/mol. The second-order valence-electron chi connectivity index (χ2n) is 3.88. The number of allylic oxidation sites excluding steroid dienone is 4. The van der Waals surface area contributed by atoms with Gasteiger partial charge in [0.15, 0.2) is 0 Å². The van der Waals surface area contributed by atoms with Crippen LogP contribution in [0.3, 0.4) is 0 Å². The first-order chi connectivity index (χ1) is 5.88. The van der Waals surface area contributed by atoms with Crippen molar-refractivity contribution >= 4 is 48.0 Å². The summed E-state index contributed by atoms with van der Waals surface area (Å²) in [4.78, 5) is 0. The maximum atomic E-state index is 2.40. The molecule has 0 N–H and O–H groups in total. The van der Waals surface area contributed by atoms with Crippen LogP contribution >= 0.6 is 48.0 Å². The molecule has 1 saturated carbocycles. The van der Waals surface area contributed by atoms with Gasteiger partial charge in [-0.15, -0.1) is 48.0 Å². The number of hydrogen-bond acceptors (Lipinski definition) is 0. The molecule has 0 atom stereocenters. The topological polar surface area (TPSA) is 0 Å². The summed E-state index contributed by atoms with van der Waals surface area (Å²) in [5.41, 5.74) is 1.74. The van der Waals surface area contributed by atoms with Crippen LogP contribution in [0, 0.1) is 5.92 Å². The minimum absolute atomic E-state index is 0. The Morgan fingerprint density at radius 2 is 1.71 bits per heavy atom. The summed E-state index contributed by atoms with van der Waals surface area (Å²) in [5.74, 6) is 0.949. The Hall–Kier alpha value is 1.81. The summed E-state index contributed by atoms with van der Waals surface area (Å²) in [6.45, 7) is 0. The molecule has 0 radical (unpaired) electrons. The zero-order valence-corrected chi connectivity index (χ0v) is 16.5. The van der Waals surface area contributed by atoms with E-state index in [1.165, 1.54) is 62.9 Å². The molecule has 79 valence electrons. The zero-order chi connectivity index (χ0) is 8.39. The molecule has 2 aliphatic rings. The van der Waals surface area contributed by atoms with Gasteiger partial charge in [0.05, 0.1) is 0 Å². The Kier molecular flexibility index (Phi) is 9.02. The van der Waals surface area contributed by atoms with Crippen LogP contribution in [-0.2, 0) is 24.4 Å². The summed E-state index contributed by atoms with van der Waals surface area (Å²) in [7, 11) is 0. The van der Waals surface area contributed by atoms with E-state index in [0.29, 0.717) is 0 Å². The molecule has 0 aromatic carbocycles. The van der Waals surface area contributed by atoms with Gasteiger partial charge >= 0.3 is 89.9 Å². The molecule has 2 aliphatic carbocycles. The zero-order valence-electron chi connectivity index (χ0n) is 8.29. The van der Waals surface area contributed by atoms with E-state index in [1.807, 2.05) is 0 Å². The maximum absolute atomic E-state index is 2.40. The molecular weight excluding hydrogens is 564 g/mol. The molecule has 0 saturated heterocycles. The summed E-state index contributed by atoms with van der Waals surface area (Å²) in [6.07, 6.45) is 13.4. The first-order valence-electron chi connectivity index (χ1n) is 4.99. The third kappa shape index (κ3) is 4.00. The molecule has 14 heavy (non-hydrogen) atoms. The Morgan fingerprint density at radius 3 is 2.21 bits per heavy atom. The third-order valence-electron chi connectivity index (χ3n) is 3.01. The Morgan fingerprint density at radius 1 is 1.07 bits per heavy atom. The first-order valence-corrected chi connectivity index (χ1v) is 6.79. The molecule has 1 fully saturated rings. The van der Waals surface area contributed by atoms with Gasteiger partial charge in [-0.25, -0.2) is 0 Å². The fourth-order valence-electron chi connectivity index (χ4n) is 2.32. The summed E-state index contributed by atoms with van der Waals surface area (Å²) in [6, 6.07) is 0. The summed E-state index contributed by atoms with van der Waals surface area (Å²) < 4.78 is 1.77. The van der Waals surface area contributed by atoms with Crippen LogP contribution in [0.4, 0.5) is 0 Å². The molecule has 3 heteroatoms. The molecule has 0 nitrogen and oxygen atoms in total. The van der Waals surface area contributed by atoms with Crippen molar-refractivity contribution in [3.63, 3.8) is 0 Å². The molecule has 0 heterocycles. The molecule has 0 unspecified atom stereocenters. The van der Waals surface area contributed by atoms with E-state index in [1.54, 1.807) is 8.90 Å². The van der Waals surface area contributed by atoms with E-state index in [-0.39, 0.29) is 48.0 Å². The van der Waals surface area contributed by atoms with Crippen LogP contribution in [0.25, 0.3) is 0 Å². The van der Waals surface area contributed by atoms with Crippen LogP contribution in [-0.4, -0.2) is 0 Å². The van der Waals surface area contributed by atoms with Crippen molar-refractivity contribution in [1.29, 1.82) is 0 Å². The first kappa shape index (κ1) is 15.8. The van der Waals surface area contributed by atoms with E-state index in [2.05, 4.69) is 12.2 Å². The van der Waals surface area contributed by atoms with Crippen molar-refractivity contribution in [1.82, 2.24) is 0 Å². The second kappa shape index (κ2) is 7.98. The van der Waals surface area contributed by atoms with E-state index >= 15 is 0 Å². The number of halogens is 2. The van der Waals surface area contributed by atoms with Crippen molar-refractivity contribution in [3.05, 3.63) is 21.1 Å². The van der Waals surface area contributed by atoms with Crippen molar-refractivity contribution in [2.45, 2.75) is 38.5 Å². The van der Waals surface area contributed by atoms with E-state index in [4.69, 9.17) is 0 Å². The van der Waals surface area contributed by atoms with Crippen molar-refractivity contribution < 1.29 is 24.4 Å². The van der Waals surface area contributed by atoms with Crippen molar-refractivity contribution in [2.75, 3.05) is 0 Å². The fraction of sp³-hybridized carbons (Fsp3) is 0.636. The molecule has 0 amide bonds. The predicted octanol–water partition coefficient (Wildman–Crippen LogP) is 4.56. The predicted molar refractivity (Wildman–Crippen MR) is 78.2 cm³/mol. The fourth-order valence-corrected chi connectivity index (χ4v) is 3.77. The van der Waals surface area contributed by atoms with Gasteiger partial charge < -0.3 is 0 Å². The molecule has 0 aliphatic heterocycles. The van der Waals surface area contributed by atoms with E-state index in [9.17, 15) is 0 Å². The molecule has 0 aromatic heterocycles. The van der Waals surface area contributed by atoms with Crippen LogP contribution < -0.4 is 0 Å². The summed E-state index contributed by atoms with van der Waals surface area (Å²) >= 11 is 1.29. The Balaban J connectivity index is 0.000000845. The quantitative estimate of drug-likeness (QED) is 0.315. The number of rotatable bonds is 1. The SMILES string of the molecule is I.I.[Hf][C]1=C(C2CCCCC2)C=CC1.